The maximum absolute atomic E-state index is 11.9. The molecule has 0 aromatic heterocycles. The smallest absolute Gasteiger partial charge is 0.278 e. The van der Waals surface area contributed by atoms with Crippen LogP contribution in [0.5, 0.6) is 11.5 Å². The molecular formula is C16H13Br2N3O5. The molecule has 0 aliphatic carbocycles. The zero-order valence-corrected chi connectivity index (χ0v) is 16.6. The van der Waals surface area contributed by atoms with Gasteiger partial charge >= 0.3 is 0 Å². The number of amides is 1. The van der Waals surface area contributed by atoms with E-state index in [9.17, 15) is 14.9 Å². The highest BCUT2D eigenvalue weighted by atomic mass is 79.9. The Morgan fingerprint density at radius 2 is 2.08 bits per heavy atom. The number of hydrogen-bond acceptors (Lipinski definition) is 6. The first-order valence-corrected chi connectivity index (χ1v) is 8.72. The van der Waals surface area contributed by atoms with Gasteiger partial charge in [-0.15, -0.1) is 0 Å². The van der Waals surface area contributed by atoms with Gasteiger partial charge in [0, 0.05) is 10.5 Å². The fourth-order valence-electron chi connectivity index (χ4n) is 1.94. The minimum atomic E-state index is -0.531. The molecule has 2 rings (SSSR count). The highest BCUT2D eigenvalue weighted by molar-refractivity contribution is 9.11. The number of rotatable bonds is 7. The van der Waals surface area contributed by atoms with Crippen molar-refractivity contribution in [1.82, 2.24) is 5.43 Å². The van der Waals surface area contributed by atoms with Crippen molar-refractivity contribution in [2.45, 2.75) is 0 Å². The van der Waals surface area contributed by atoms with E-state index in [1.807, 2.05) is 0 Å². The summed E-state index contributed by atoms with van der Waals surface area (Å²) in [6.45, 7) is -0.315. The van der Waals surface area contributed by atoms with Gasteiger partial charge in [0.2, 0.25) is 0 Å². The predicted octanol–water partition coefficient (Wildman–Crippen LogP) is 3.66. The van der Waals surface area contributed by atoms with Crippen LogP contribution in [-0.4, -0.2) is 30.8 Å². The molecule has 0 bridgehead atoms. The number of nitro benzene ring substituents is 1. The molecule has 0 fully saturated rings. The number of para-hydroxylation sites is 1. The Morgan fingerprint density at radius 1 is 1.35 bits per heavy atom. The van der Waals surface area contributed by atoms with Gasteiger partial charge in [-0.3, -0.25) is 14.9 Å². The maximum Gasteiger partial charge on any atom is 0.278 e. The van der Waals surface area contributed by atoms with Crippen LogP contribution in [0.4, 0.5) is 5.69 Å². The van der Waals surface area contributed by atoms with Crippen molar-refractivity contribution < 1.29 is 19.2 Å². The average Bonchev–Trinajstić information content (AvgIpc) is 2.60. The number of nitrogens with one attached hydrogen (secondary N) is 1. The van der Waals surface area contributed by atoms with E-state index in [-0.39, 0.29) is 17.9 Å². The molecule has 26 heavy (non-hydrogen) atoms. The Bertz CT molecular complexity index is 858. The summed E-state index contributed by atoms with van der Waals surface area (Å²) >= 11 is 6.66. The molecule has 0 spiro atoms. The van der Waals surface area contributed by atoms with Gasteiger partial charge in [-0.05, 0) is 34.1 Å². The molecule has 0 unspecified atom stereocenters. The van der Waals surface area contributed by atoms with Crippen molar-refractivity contribution in [2.24, 2.45) is 5.10 Å². The van der Waals surface area contributed by atoms with Crippen LogP contribution in [0.3, 0.4) is 0 Å². The number of ether oxygens (including phenoxy) is 2. The van der Waals surface area contributed by atoms with Crippen LogP contribution < -0.4 is 14.9 Å². The van der Waals surface area contributed by atoms with Crippen molar-refractivity contribution in [2.75, 3.05) is 13.7 Å². The molecule has 8 nitrogen and oxygen atoms in total. The number of methoxy groups -OCH3 is 1. The zero-order chi connectivity index (χ0) is 19.1. The molecule has 1 amide bonds. The van der Waals surface area contributed by atoms with E-state index >= 15 is 0 Å². The molecule has 0 saturated heterocycles. The van der Waals surface area contributed by atoms with Crippen molar-refractivity contribution >= 4 is 49.7 Å². The molecule has 0 aliphatic rings. The summed E-state index contributed by atoms with van der Waals surface area (Å²) < 4.78 is 12.1. The van der Waals surface area contributed by atoms with Crippen molar-refractivity contribution in [3.63, 3.8) is 0 Å². The fraction of sp³-hybridized carbons (Fsp3) is 0.125. The Balaban J connectivity index is 1.98. The van der Waals surface area contributed by atoms with Crippen molar-refractivity contribution in [3.8, 4) is 11.5 Å². The number of hydrogen-bond donors (Lipinski definition) is 1. The molecular weight excluding hydrogens is 474 g/mol. The van der Waals surface area contributed by atoms with Gasteiger partial charge in [0.05, 0.1) is 28.3 Å². The van der Waals surface area contributed by atoms with Gasteiger partial charge in [-0.1, -0.05) is 28.1 Å². The van der Waals surface area contributed by atoms with Crippen molar-refractivity contribution in [1.29, 1.82) is 0 Å². The van der Waals surface area contributed by atoms with Crippen LogP contribution in [0.25, 0.3) is 0 Å². The van der Waals surface area contributed by atoms with Crippen LogP contribution in [0, 0.1) is 10.1 Å². The molecule has 10 heteroatoms. The van der Waals surface area contributed by atoms with Gasteiger partial charge in [-0.2, -0.15) is 5.10 Å². The minimum Gasteiger partial charge on any atom is -0.493 e. The largest absolute Gasteiger partial charge is 0.493 e. The number of carbonyl (C=O) groups excluding carboxylic acids is 1. The summed E-state index contributed by atoms with van der Waals surface area (Å²) in [6.07, 6.45) is 1.20. The highest BCUT2D eigenvalue weighted by Crippen LogP contribution is 2.38. The Morgan fingerprint density at radius 3 is 2.77 bits per heavy atom. The lowest BCUT2D eigenvalue weighted by Gasteiger charge is -2.12. The summed E-state index contributed by atoms with van der Waals surface area (Å²) in [5, 5.41) is 14.6. The van der Waals surface area contributed by atoms with E-state index in [0.29, 0.717) is 16.0 Å². The third kappa shape index (κ3) is 5.27. The number of halogens is 2. The second-order valence-corrected chi connectivity index (χ2v) is 6.59. The van der Waals surface area contributed by atoms with E-state index in [4.69, 9.17) is 9.47 Å². The summed E-state index contributed by atoms with van der Waals surface area (Å²) in [5.74, 6) is 0.285. The Kier molecular flexibility index (Phi) is 7.10. The molecule has 0 heterocycles. The number of benzene rings is 2. The first kappa shape index (κ1) is 19.9. The van der Waals surface area contributed by atoms with E-state index in [1.165, 1.54) is 25.5 Å². The maximum atomic E-state index is 11.9. The topological polar surface area (TPSA) is 103 Å². The lowest BCUT2D eigenvalue weighted by Crippen LogP contribution is -2.24. The second kappa shape index (κ2) is 9.30. The number of nitrogens with zero attached hydrogens (tertiary/aromatic N) is 2. The number of hydrazone groups is 1. The first-order valence-electron chi connectivity index (χ1n) is 7.13. The average molecular weight is 487 g/mol. The van der Waals surface area contributed by atoms with Crippen LogP contribution >= 0.6 is 31.9 Å². The van der Waals surface area contributed by atoms with Crippen molar-refractivity contribution in [3.05, 3.63) is 61.0 Å². The third-order valence-corrected chi connectivity index (χ3v) is 4.12. The Hall–Kier alpha value is -2.46. The molecule has 0 atom stereocenters. The fourth-order valence-corrected chi connectivity index (χ4v) is 3.24. The monoisotopic (exact) mass is 485 g/mol. The first-order chi connectivity index (χ1) is 12.4. The molecule has 1 N–H and O–H groups in total. The van der Waals surface area contributed by atoms with Gasteiger partial charge in [0.25, 0.3) is 11.6 Å². The van der Waals surface area contributed by atoms with E-state index in [1.54, 1.807) is 24.3 Å². The molecule has 0 saturated carbocycles. The lowest BCUT2D eigenvalue weighted by molar-refractivity contribution is -0.385. The molecule has 0 aliphatic heterocycles. The normalized spacial score (nSPS) is 10.6. The van der Waals surface area contributed by atoms with E-state index in [2.05, 4.69) is 42.4 Å². The van der Waals surface area contributed by atoms with Gasteiger partial charge in [-0.25, -0.2) is 5.43 Å². The third-order valence-electron chi connectivity index (χ3n) is 3.07. The summed E-state index contributed by atoms with van der Waals surface area (Å²) in [4.78, 5) is 22.2. The highest BCUT2D eigenvalue weighted by Gasteiger charge is 2.13. The standard InChI is InChI=1S/C16H13Br2N3O5/c1-25-14-7-11(17)6-12(18)16(14)26-9-15(22)20-19-8-10-4-2-3-5-13(10)21(23)24/h2-8H,9H2,1H3,(H,20,22)/b19-8-. The van der Waals surface area contributed by atoms with Gasteiger partial charge in [0.15, 0.2) is 18.1 Å². The summed E-state index contributed by atoms with van der Waals surface area (Å²) in [7, 11) is 1.48. The summed E-state index contributed by atoms with van der Waals surface area (Å²) in [6, 6.07) is 9.51. The zero-order valence-electron chi connectivity index (χ0n) is 13.4. The van der Waals surface area contributed by atoms with Gasteiger partial charge in [0.1, 0.15) is 0 Å². The van der Waals surface area contributed by atoms with E-state index in [0.717, 1.165) is 4.47 Å². The number of nitro groups is 1. The molecule has 2 aromatic carbocycles. The molecule has 2 aromatic rings. The molecule has 136 valence electrons. The summed E-state index contributed by atoms with van der Waals surface area (Å²) in [5.41, 5.74) is 2.42. The van der Waals surface area contributed by atoms with Gasteiger partial charge < -0.3 is 9.47 Å². The second-order valence-electron chi connectivity index (χ2n) is 4.82. The SMILES string of the molecule is COc1cc(Br)cc(Br)c1OCC(=O)N/N=C\c1ccccc1[N+](=O)[O-]. The van der Waals surface area contributed by atoms with Crippen LogP contribution in [-0.2, 0) is 4.79 Å². The lowest BCUT2D eigenvalue weighted by atomic mass is 10.2. The minimum absolute atomic E-state index is 0.106. The molecule has 0 radical (unpaired) electrons. The predicted molar refractivity (Wildman–Crippen MR) is 103 cm³/mol. The quantitative estimate of drug-likeness (QED) is 0.365. The van der Waals surface area contributed by atoms with E-state index < -0.39 is 10.8 Å². The van der Waals surface area contributed by atoms with Crippen LogP contribution in [0.2, 0.25) is 0 Å². The van der Waals surface area contributed by atoms with Crippen LogP contribution in [0.1, 0.15) is 5.56 Å². The van der Waals surface area contributed by atoms with Crippen LogP contribution in [0.15, 0.2) is 50.4 Å². The Labute approximate surface area is 165 Å². The number of carbonyl (C=O) groups is 1.